The number of benzene rings is 1. The smallest absolute Gasteiger partial charge is 0.254 e. The van der Waals surface area contributed by atoms with Crippen LogP contribution in [0, 0.1) is 0 Å². The fourth-order valence-electron chi connectivity index (χ4n) is 2.85. The van der Waals surface area contributed by atoms with Gasteiger partial charge in [-0.15, -0.1) is 0 Å². The molecule has 1 amide bonds. The van der Waals surface area contributed by atoms with Crippen LogP contribution in [0.1, 0.15) is 22.2 Å². The lowest BCUT2D eigenvalue weighted by Crippen LogP contribution is -2.42. The zero-order valence-electron chi connectivity index (χ0n) is 13.1. The summed E-state index contributed by atoms with van der Waals surface area (Å²) in [6, 6.07) is 5.29. The van der Waals surface area contributed by atoms with Crippen LogP contribution < -0.4 is 9.47 Å². The van der Waals surface area contributed by atoms with Crippen molar-refractivity contribution in [1.29, 1.82) is 0 Å². The number of amides is 1. The molecule has 1 unspecified atom stereocenters. The molecule has 24 heavy (non-hydrogen) atoms. The quantitative estimate of drug-likeness (QED) is 0.831. The Morgan fingerprint density at radius 1 is 1.12 bits per heavy atom. The highest BCUT2D eigenvalue weighted by atomic mass is 16.6. The maximum absolute atomic E-state index is 12.8. The Morgan fingerprint density at radius 2 is 2.00 bits per heavy atom. The van der Waals surface area contributed by atoms with Crippen molar-refractivity contribution in [2.24, 2.45) is 0 Å². The highest BCUT2D eigenvalue weighted by Crippen LogP contribution is 2.31. The van der Waals surface area contributed by atoms with Crippen LogP contribution in [-0.2, 0) is 4.74 Å². The second-order valence-corrected chi connectivity index (χ2v) is 5.60. The Hall–Kier alpha value is -2.67. The number of carbonyl (C=O) groups is 1. The topological polar surface area (TPSA) is 73.8 Å². The Morgan fingerprint density at radius 3 is 2.83 bits per heavy atom. The lowest BCUT2D eigenvalue weighted by atomic mass is 10.1. The lowest BCUT2D eigenvalue weighted by Gasteiger charge is -2.32. The minimum atomic E-state index is -0.256. The number of ether oxygens (including phenoxy) is 3. The number of carbonyl (C=O) groups excluding carboxylic acids is 1. The van der Waals surface area contributed by atoms with Crippen LogP contribution in [0.2, 0.25) is 0 Å². The van der Waals surface area contributed by atoms with Crippen LogP contribution in [0.5, 0.6) is 11.5 Å². The lowest BCUT2D eigenvalue weighted by molar-refractivity contribution is -0.0249. The van der Waals surface area contributed by atoms with Gasteiger partial charge in [-0.2, -0.15) is 0 Å². The first-order chi connectivity index (χ1) is 11.8. The molecular formula is C17H17N3O4. The van der Waals surface area contributed by atoms with Gasteiger partial charge in [-0.1, -0.05) is 0 Å². The second-order valence-electron chi connectivity index (χ2n) is 5.60. The second kappa shape index (κ2) is 6.45. The van der Waals surface area contributed by atoms with Gasteiger partial charge in [0, 0.05) is 24.5 Å². The molecule has 124 valence electrons. The van der Waals surface area contributed by atoms with E-state index in [1.54, 1.807) is 41.7 Å². The maximum Gasteiger partial charge on any atom is 0.254 e. The Bertz CT molecular complexity index is 738. The molecule has 0 bridgehead atoms. The minimum Gasteiger partial charge on any atom is -0.486 e. The van der Waals surface area contributed by atoms with Gasteiger partial charge in [0.05, 0.1) is 25.0 Å². The molecule has 0 saturated carbocycles. The number of hydrogen-bond acceptors (Lipinski definition) is 6. The van der Waals surface area contributed by atoms with E-state index in [2.05, 4.69) is 9.97 Å². The van der Waals surface area contributed by atoms with Gasteiger partial charge in [0.15, 0.2) is 11.5 Å². The molecule has 0 spiro atoms. The van der Waals surface area contributed by atoms with Gasteiger partial charge < -0.3 is 19.1 Å². The molecule has 1 fully saturated rings. The van der Waals surface area contributed by atoms with E-state index < -0.39 is 0 Å². The molecule has 2 aromatic rings. The molecule has 1 saturated heterocycles. The minimum absolute atomic E-state index is 0.0517. The predicted octanol–water partition coefficient (Wildman–Crippen LogP) is 1.46. The summed E-state index contributed by atoms with van der Waals surface area (Å²) in [5, 5.41) is 0. The zero-order chi connectivity index (χ0) is 16.4. The largest absolute Gasteiger partial charge is 0.486 e. The maximum atomic E-state index is 12.8. The van der Waals surface area contributed by atoms with Crippen molar-refractivity contribution in [2.75, 3.05) is 32.9 Å². The molecule has 2 aliphatic heterocycles. The van der Waals surface area contributed by atoms with E-state index in [-0.39, 0.29) is 12.0 Å². The summed E-state index contributed by atoms with van der Waals surface area (Å²) < 4.78 is 16.8. The first-order valence-electron chi connectivity index (χ1n) is 7.88. The Labute approximate surface area is 139 Å². The highest BCUT2D eigenvalue weighted by Gasteiger charge is 2.27. The van der Waals surface area contributed by atoms with E-state index in [1.165, 1.54) is 0 Å². The number of hydrogen-bond donors (Lipinski definition) is 0. The van der Waals surface area contributed by atoms with E-state index in [9.17, 15) is 4.79 Å². The van der Waals surface area contributed by atoms with Gasteiger partial charge in [-0.05, 0) is 18.2 Å². The molecule has 0 radical (unpaired) electrons. The van der Waals surface area contributed by atoms with Crippen molar-refractivity contribution in [3.05, 3.63) is 48.0 Å². The number of rotatable bonds is 2. The molecule has 7 nitrogen and oxygen atoms in total. The molecule has 2 aliphatic rings. The standard InChI is InChI=1S/C17H17N3O4/c21-17(12-1-2-14-15(9-12)24-8-7-23-14)20-5-6-22-16(11-20)13-10-18-3-4-19-13/h1-4,9-10,16H,5-8,11H2. The monoisotopic (exact) mass is 327 g/mol. The summed E-state index contributed by atoms with van der Waals surface area (Å²) in [5.74, 6) is 1.24. The van der Waals surface area contributed by atoms with Crippen molar-refractivity contribution in [3.8, 4) is 11.5 Å². The van der Waals surface area contributed by atoms with Crippen molar-refractivity contribution < 1.29 is 19.0 Å². The number of fused-ring (bicyclic) bond motifs is 1. The fourth-order valence-corrected chi connectivity index (χ4v) is 2.85. The van der Waals surface area contributed by atoms with Crippen molar-refractivity contribution in [1.82, 2.24) is 14.9 Å². The van der Waals surface area contributed by atoms with E-state index in [4.69, 9.17) is 14.2 Å². The molecule has 1 aromatic heterocycles. The van der Waals surface area contributed by atoms with Crippen LogP contribution in [0.15, 0.2) is 36.8 Å². The van der Waals surface area contributed by atoms with Crippen molar-refractivity contribution >= 4 is 5.91 Å². The van der Waals surface area contributed by atoms with E-state index >= 15 is 0 Å². The highest BCUT2D eigenvalue weighted by molar-refractivity contribution is 5.95. The van der Waals surface area contributed by atoms with Crippen molar-refractivity contribution in [3.63, 3.8) is 0 Å². The summed E-state index contributed by atoms with van der Waals surface area (Å²) in [5.41, 5.74) is 1.32. The summed E-state index contributed by atoms with van der Waals surface area (Å²) >= 11 is 0. The normalized spacial score (nSPS) is 19.8. The number of aromatic nitrogens is 2. The van der Waals surface area contributed by atoms with Crippen LogP contribution in [0.25, 0.3) is 0 Å². The molecule has 3 heterocycles. The molecule has 4 rings (SSSR count). The molecule has 1 aromatic carbocycles. The fraction of sp³-hybridized carbons (Fsp3) is 0.353. The van der Waals surface area contributed by atoms with E-state index in [0.29, 0.717) is 50.0 Å². The van der Waals surface area contributed by atoms with Gasteiger partial charge in [-0.3, -0.25) is 14.8 Å². The summed E-state index contributed by atoms with van der Waals surface area (Å²) in [6.45, 7) is 2.49. The van der Waals surface area contributed by atoms with Crippen molar-refractivity contribution in [2.45, 2.75) is 6.10 Å². The predicted molar refractivity (Wildman–Crippen MR) is 84.1 cm³/mol. The summed E-state index contributed by atoms with van der Waals surface area (Å²) in [6.07, 6.45) is 4.65. The molecule has 0 aliphatic carbocycles. The Balaban J connectivity index is 1.51. The average Bonchev–Trinajstić information content (AvgIpc) is 2.68. The summed E-state index contributed by atoms with van der Waals surface area (Å²) in [7, 11) is 0. The van der Waals surface area contributed by atoms with E-state index in [0.717, 1.165) is 5.69 Å². The van der Waals surface area contributed by atoms with Gasteiger partial charge in [0.2, 0.25) is 0 Å². The van der Waals surface area contributed by atoms with Crippen LogP contribution in [0.3, 0.4) is 0 Å². The van der Waals surface area contributed by atoms with E-state index in [1.807, 2.05) is 0 Å². The first-order valence-corrected chi connectivity index (χ1v) is 7.88. The third-order valence-electron chi connectivity index (χ3n) is 4.06. The molecule has 0 N–H and O–H groups in total. The molecule has 7 heteroatoms. The van der Waals surface area contributed by atoms with Crippen LogP contribution >= 0.6 is 0 Å². The number of nitrogens with zero attached hydrogens (tertiary/aromatic N) is 3. The third kappa shape index (κ3) is 2.90. The van der Waals surface area contributed by atoms with Gasteiger partial charge in [0.25, 0.3) is 5.91 Å². The van der Waals surface area contributed by atoms with Gasteiger partial charge in [-0.25, -0.2) is 0 Å². The SMILES string of the molecule is O=C(c1ccc2c(c1)OCCO2)N1CCOC(c2cnccn2)C1. The number of morpholine rings is 1. The molecular weight excluding hydrogens is 310 g/mol. The third-order valence-corrected chi connectivity index (χ3v) is 4.06. The van der Waals surface area contributed by atoms with Crippen LogP contribution in [-0.4, -0.2) is 53.7 Å². The first kappa shape index (κ1) is 14.9. The van der Waals surface area contributed by atoms with Crippen LogP contribution in [0.4, 0.5) is 0 Å². The van der Waals surface area contributed by atoms with Gasteiger partial charge >= 0.3 is 0 Å². The summed E-state index contributed by atoms with van der Waals surface area (Å²) in [4.78, 5) is 22.9. The van der Waals surface area contributed by atoms with Gasteiger partial charge in [0.1, 0.15) is 19.3 Å². The Kier molecular flexibility index (Phi) is 4.00. The average molecular weight is 327 g/mol. The molecule has 1 atom stereocenters. The zero-order valence-corrected chi connectivity index (χ0v) is 13.1.